The fourth-order valence-electron chi connectivity index (χ4n) is 1.75. The van der Waals surface area contributed by atoms with Gasteiger partial charge in [0, 0.05) is 6.54 Å². The van der Waals surface area contributed by atoms with E-state index in [2.05, 4.69) is 5.32 Å². The molecule has 0 unspecified atom stereocenters. The Bertz CT molecular complexity index is 421. The van der Waals surface area contributed by atoms with Crippen LogP contribution in [0.1, 0.15) is 25.3 Å². The second-order valence-corrected chi connectivity index (χ2v) is 4.30. The number of ether oxygens (including phenoxy) is 2. The molecule has 5 nitrogen and oxygen atoms in total. The van der Waals surface area contributed by atoms with Gasteiger partial charge in [0.2, 0.25) is 5.91 Å². The molecule has 1 rings (SSSR count). The number of methoxy groups -OCH3 is 2. The van der Waals surface area contributed by atoms with Gasteiger partial charge in [-0.05, 0) is 24.1 Å². The normalized spacial score (nSPS) is 11.8. The van der Waals surface area contributed by atoms with Crippen molar-refractivity contribution >= 4 is 5.91 Å². The number of rotatable bonds is 7. The maximum Gasteiger partial charge on any atom is 0.237 e. The quantitative estimate of drug-likeness (QED) is 0.783. The van der Waals surface area contributed by atoms with Crippen molar-refractivity contribution in [3.8, 4) is 11.5 Å². The summed E-state index contributed by atoms with van der Waals surface area (Å²) in [6.45, 7) is 2.43. The number of carbonyl (C=O) groups excluding carboxylic acids is 1. The SMILES string of the molecule is CCC[C@H](N)C(=O)NCc1ccc(OC)c(OC)c1. The van der Waals surface area contributed by atoms with Crippen molar-refractivity contribution in [3.63, 3.8) is 0 Å². The second kappa shape index (κ2) is 7.63. The van der Waals surface area contributed by atoms with Gasteiger partial charge in [0.25, 0.3) is 0 Å². The van der Waals surface area contributed by atoms with E-state index < -0.39 is 6.04 Å². The van der Waals surface area contributed by atoms with Gasteiger partial charge < -0.3 is 20.5 Å². The van der Waals surface area contributed by atoms with E-state index in [9.17, 15) is 4.79 Å². The summed E-state index contributed by atoms with van der Waals surface area (Å²) in [7, 11) is 3.17. The zero-order valence-corrected chi connectivity index (χ0v) is 11.7. The highest BCUT2D eigenvalue weighted by molar-refractivity contribution is 5.81. The van der Waals surface area contributed by atoms with Crippen molar-refractivity contribution in [1.29, 1.82) is 0 Å². The number of nitrogens with one attached hydrogen (secondary N) is 1. The van der Waals surface area contributed by atoms with Crippen LogP contribution in [0.25, 0.3) is 0 Å². The van der Waals surface area contributed by atoms with E-state index in [4.69, 9.17) is 15.2 Å². The summed E-state index contributed by atoms with van der Waals surface area (Å²) in [6, 6.07) is 5.09. The van der Waals surface area contributed by atoms with Crippen LogP contribution >= 0.6 is 0 Å². The molecule has 0 aliphatic heterocycles. The molecule has 0 saturated carbocycles. The Morgan fingerprint density at radius 2 is 2.00 bits per heavy atom. The molecule has 0 spiro atoms. The highest BCUT2D eigenvalue weighted by Crippen LogP contribution is 2.27. The summed E-state index contributed by atoms with van der Waals surface area (Å²) in [6.07, 6.45) is 1.59. The van der Waals surface area contributed by atoms with Crippen LogP contribution in [-0.2, 0) is 11.3 Å². The molecule has 5 heteroatoms. The molecule has 0 bridgehead atoms. The first-order valence-corrected chi connectivity index (χ1v) is 6.36. The lowest BCUT2D eigenvalue weighted by Gasteiger charge is -2.13. The van der Waals surface area contributed by atoms with Gasteiger partial charge in [-0.2, -0.15) is 0 Å². The summed E-state index contributed by atoms with van der Waals surface area (Å²) >= 11 is 0. The first-order chi connectivity index (χ1) is 9.12. The topological polar surface area (TPSA) is 73.6 Å². The van der Waals surface area contributed by atoms with Gasteiger partial charge in [-0.25, -0.2) is 0 Å². The Hall–Kier alpha value is -1.75. The minimum absolute atomic E-state index is 0.128. The predicted molar refractivity (Wildman–Crippen MR) is 74.3 cm³/mol. The van der Waals surface area contributed by atoms with Gasteiger partial charge >= 0.3 is 0 Å². The summed E-state index contributed by atoms with van der Waals surface area (Å²) < 4.78 is 10.4. The van der Waals surface area contributed by atoms with Crippen LogP contribution in [0.3, 0.4) is 0 Å². The van der Waals surface area contributed by atoms with Gasteiger partial charge in [0.1, 0.15) is 0 Å². The fraction of sp³-hybridized carbons (Fsp3) is 0.500. The van der Waals surface area contributed by atoms with Crippen molar-refractivity contribution in [2.45, 2.75) is 32.4 Å². The largest absolute Gasteiger partial charge is 0.493 e. The molecule has 3 N–H and O–H groups in total. The standard InChI is InChI=1S/C14H22N2O3/c1-4-5-11(15)14(17)16-9-10-6-7-12(18-2)13(8-10)19-3/h6-8,11H,4-5,9,15H2,1-3H3,(H,16,17)/t11-/m0/s1. The van der Waals surface area contributed by atoms with Crippen molar-refractivity contribution in [2.75, 3.05) is 14.2 Å². The Morgan fingerprint density at radius 3 is 2.58 bits per heavy atom. The summed E-state index contributed by atoms with van der Waals surface area (Å²) in [5.74, 6) is 1.18. The zero-order valence-electron chi connectivity index (χ0n) is 11.7. The van der Waals surface area contributed by atoms with Gasteiger partial charge in [0.15, 0.2) is 11.5 Å². The van der Waals surface area contributed by atoms with Crippen molar-refractivity contribution in [2.24, 2.45) is 5.73 Å². The highest BCUT2D eigenvalue weighted by Gasteiger charge is 2.12. The van der Waals surface area contributed by atoms with Crippen LogP contribution < -0.4 is 20.5 Å². The molecular weight excluding hydrogens is 244 g/mol. The number of hydrogen-bond acceptors (Lipinski definition) is 4. The number of nitrogens with two attached hydrogens (primary N) is 1. The van der Waals surface area contributed by atoms with Gasteiger partial charge in [0.05, 0.1) is 20.3 Å². The first kappa shape index (κ1) is 15.3. The van der Waals surface area contributed by atoms with E-state index in [-0.39, 0.29) is 5.91 Å². The molecule has 0 aliphatic carbocycles. The average Bonchev–Trinajstić information content (AvgIpc) is 2.44. The summed E-state index contributed by atoms with van der Waals surface area (Å²) in [5.41, 5.74) is 6.68. The Balaban J connectivity index is 2.60. The Morgan fingerprint density at radius 1 is 1.32 bits per heavy atom. The van der Waals surface area contributed by atoms with E-state index in [0.29, 0.717) is 24.5 Å². The minimum atomic E-state index is -0.440. The van der Waals surface area contributed by atoms with Crippen LogP contribution in [-0.4, -0.2) is 26.2 Å². The maximum atomic E-state index is 11.7. The molecule has 1 aromatic carbocycles. The molecule has 1 atom stereocenters. The van der Waals surface area contributed by atoms with Crippen LogP contribution in [0.2, 0.25) is 0 Å². The lowest BCUT2D eigenvalue weighted by Crippen LogP contribution is -2.40. The monoisotopic (exact) mass is 266 g/mol. The average molecular weight is 266 g/mol. The summed E-state index contributed by atoms with van der Waals surface area (Å²) in [5, 5.41) is 2.81. The van der Waals surface area contributed by atoms with E-state index in [1.54, 1.807) is 14.2 Å². The minimum Gasteiger partial charge on any atom is -0.493 e. The third kappa shape index (κ3) is 4.44. The zero-order chi connectivity index (χ0) is 14.3. The number of benzene rings is 1. The molecule has 0 fully saturated rings. The molecule has 0 aromatic heterocycles. The van der Waals surface area contributed by atoms with Gasteiger partial charge in [-0.3, -0.25) is 4.79 Å². The smallest absolute Gasteiger partial charge is 0.237 e. The van der Waals surface area contributed by atoms with Gasteiger partial charge in [-0.15, -0.1) is 0 Å². The molecule has 1 aromatic rings. The fourth-order valence-corrected chi connectivity index (χ4v) is 1.75. The summed E-state index contributed by atoms with van der Waals surface area (Å²) in [4.78, 5) is 11.7. The maximum absolute atomic E-state index is 11.7. The molecule has 0 heterocycles. The van der Waals surface area contributed by atoms with Gasteiger partial charge in [-0.1, -0.05) is 19.4 Å². The first-order valence-electron chi connectivity index (χ1n) is 6.36. The third-order valence-electron chi connectivity index (χ3n) is 2.85. The lowest BCUT2D eigenvalue weighted by atomic mass is 10.1. The molecule has 0 saturated heterocycles. The van der Waals surface area contributed by atoms with Crippen molar-refractivity contribution in [3.05, 3.63) is 23.8 Å². The van der Waals surface area contributed by atoms with Crippen LogP contribution in [0, 0.1) is 0 Å². The predicted octanol–water partition coefficient (Wildman–Crippen LogP) is 1.45. The van der Waals surface area contributed by atoms with Crippen LogP contribution in [0.4, 0.5) is 0 Å². The lowest BCUT2D eigenvalue weighted by molar-refractivity contribution is -0.122. The van der Waals surface area contributed by atoms with Crippen molar-refractivity contribution < 1.29 is 14.3 Å². The highest BCUT2D eigenvalue weighted by atomic mass is 16.5. The van der Waals surface area contributed by atoms with Crippen molar-refractivity contribution in [1.82, 2.24) is 5.32 Å². The Labute approximate surface area is 114 Å². The molecule has 19 heavy (non-hydrogen) atoms. The van der Waals surface area contributed by atoms with E-state index >= 15 is 0 Å². The molecular formula is C14H22N2O3. The molecule has 0 aliphatic rings. The second-order valence-electron chi connectivity index (χ2n) is 4.30. The molecule has 1 amide bonds. The third-order valence-corrected chi connectivity index (χ3v) is 2.85. The number of carbonyl (C=O) groups is 1. The van der Waals surface area contributed by atoms with E-state index in [0.717, 1.165) is 12.0 Å². The molecule has 0 radical (unpaired) electrons. The Kier molecular flexibility index (Phi) is 6.15. The number of amides is 1. The van der Waals surface area contributed by atoms with E-state index in [1.807, 2.05) is 25.1 Å². The molecule has 106 valence electrons. The van der Waals surface area contributed by atoms with Crippen LogP contribution in [0.15, 0.2) is 18.2 Å². The van der Waals surface area contributed by atoms with Crippen LogP contribution in [0.5, 0.6) is 11.5 Å². The van der Waals surface area contributed by atoms with E-state index in [1.165, 1.54) is 0 Å². The number of hydrogen-bond donors (Lipinski definition) is 2.